The van der Waals surface area contributed by atoms with Crippen molar-refractivity contribution >= 4 is 23.0 Å². The molecular formula is C16H12N2O6. The summed E-state index contributed by atoms with van der Waals surface area (Å²) in [5.41, 5.74) is 1.32. The lowest BCUT2D eigenvalue weighted by molar-refractivity contribution is -0.145. The molecule has 8 heteroatoms. The summed E-state index contributed by atoms with van der Waals surface area (Å²) in [6, 6.07) is 4.95. The molecular weight excluding hydrogens is 316 g/mol. The van der Waals surface area contributed by atoms with Crippen molar-refractivity contribution in [3.8, 4) is 11.5 Å². The van der Waals surface area contributed by atoms with E-state index in [0.29, 0.717) is 29.0 Å². The molecule has 1 saturated heterocycles. The predicted molar refractivity (Wildman–Crippen MR) is 79.0 cm³/mol. The highest BCUT2D eigenvalue weighted by molar-refractivity contribution is 6.04. The highest BCUT2D eigenvalue weighted by Gasteiger charge is 2.32. The molecule has 0 bridgehead atoms. The lowest BCUT2D eigenvalue weighted by Crippen LogP contribution is -2.23. The molecule has 0 aromatic carbocycles. The molecule has 122 valence electrons. The maximum absolute atomic E-state index is 12.6. The summed E-state index contributed by atoms with van der Waals surface area (Å²) in [7, 11) is 0. The van der Waals surface area contributed by atoms with E-state index in [4.69, 9.17) is 18.4 Å². The Morgan fingerprint density at radius 3 is 3.00 bits per heavy atom. The first-order chi connectivity index (χ1) is 11.6. The van der Waals surface area contributed by atoms with E-state index in [9.17, 15) is 9.59 Å². The number of fused-ring (bicyclic) bond motifs is 1. The summed E-state index contributed by atoms with van der Waals surface area (Å²) in [6.07, 6.45) is 0.944. The van der Waals surface area contributed by atoms with Crippen molar-refractivity contribution in [3.05, 3.63) is 35.7 Å². The van der Waals surface area contributed by atoms with Gasteiger partial charge < -0.3 is 18.4 Å². The van der Waals surface area contributed by atoms with Crippen molar-refractivity contribution in [2.45, 2.75) is 19.4 Å². The van der Waals surface area contributed by atoms with Crippen LogP contribution in [-0.2, 0) is 14.3 Å². The van der Waals surface area contributed by atoms with Gasteiger partial charge in [0.15, 0.2) is 5.76 Å². The van der Waals surface area contributed by atoms with Gasteiger partial charge in [-0.3, -0.25) is 0 Å². The number of aryl methyl sites for hydroxylation is 1. The summed E-state index contributed by atoms with van der Waals surface area (Å²) in [6.45, 7) is 1.94. The third-order valence-corrected chi connectivity index (χ3v) is 3.75. The van der Waals surface area contributed by atoms with Gasteiger partial charge in [0.25, 0.3) is 5.71 Å². The molecule has 1 aliphatic rings. The predicted octanol–water partition coefficient (Wildman–Crippen LogP) is 2.26. The first kappa shape index (κ1) is 14.4. The van der Waals surface area contributed by atoms with Crippen LogP contribution in [0, 0.1) is 6.92 Å². The van der Waals surface area contributed by atoms with Crippen molar-refractivity contribution in [2.75, 3.05) is 6.61 Å². The van der Waals surface area contributed by atoms with Crippen molar-refractivity contribution < 1.29 is 28.0 Å². The lowest BCUT2D eigenvalue weighted by Gasteiger charge is -2.09. The van der Waals surface area contributed by atoms with Crippen molar-refractivity contribution in [2.24, 2.45) is 0 Å². The molecule has 0 spiro atoms. The van der Waals surface area contributed by atoms with Gasteiger partial charge >= 0.3 is 11.9 Å². The third-order valence-electron chi connectivity index (χ3n) is 3.75. The highest BCUT2D eigenvalue weighted by Crippen LogP contribution is 2.28. The molecule has 3 aromatic heterocycles. The van der Waals surface area contributed by atoms with Gasteiger partial charge in [0.05, 0.1) is 29.5 Å². The largest absolute Gasteiger partial charge is 0.463 e. The maximum atomic E-state index is 12.6. The van der Waals surface area contributed by atoms with E-state index in [2.05, 4.69) is 10.1 Å². The minimum absolute atomic E-state index is 0.197. The van der Waals surface area contributed by atoms with Crippen molar-refractivity contribution in [1.29, 1.82) is 0 Å². The number of furan rings is 1. The third kappa shape index (κ3) is 2.32. The first-order valence-corrected chi connectivity index (χ1v) is 7.32. The zero-order valence-electron chi connectivity index (χ0n) is 12.6. The standard InChI is InChI=1S/C16H12N2O6/c1-8-13-9(15(19)23-12-4-6-22-16(12)20)7-10(11-3-2-5-21-11)17-14(13)24-18-8/h2-3,5,7,12H,4,6H2,1H3/t12-/m1/s1. The zero-order valence-corrected chi connectivity index (χ0v) is 12.6. The van der Waals surface area contributed by atoms with Crippen molar-refractivity contribution in [1.82, 2.24) is 10.1 Å². The second-order valence-corrected chi connectivity index (χ2v) is 5.33. The fraction of sp³-hybridized carbons (Fsp3) is 0.250. The number of hydrogen-bond acceptors (Lipinski definition) is 8. The Bertz CT molecular complexity index is 928. The second kappa shape index (κ2) is 5.48. The van der Waals surface area contributed by atoms with Crippen LogP contribution in [0.2, 0.25) is 0 Å². The molecule has 1 atom stereocenters. The molecule has 1 fully saturated rings. The van der Waals surface area contributed by atoms with Crippen LogP contribution in [0.4, 0.5) is 0 Å². The number of carbonyl (C=O) groups is 2. The van der Waals surface area contributed by atoms with Crippen LogP contribution >= 0.6 is 0 Å². The minimum atomic E-state index is -0.895. The molecule has 3 aromatic rings. The summed E-state index contributed by atoms with van der Waals surface area (Å²) in [5.74, 6) is -0.729. The molecule has 0 unspecified atom stereocenters. The number of carbonyl (C=O) groups excluding carboxylic acids is 2. The number of rotatable bonds is 3. The maximum Gasteiger partial charge on any atom is 0.347 e. The summed E-state index contributed by atoms with van der Waals surface area (Å²) < 4.78 is 20.6. The Morgan fingerprint density at radius 2 is 2.29 bits per heavy atom. The Balaban J connectivity index is 1.79. The molecule has 0 saturated carbocycles. The Labute approximate surface area is 135 Å². The first-order valence-electron chi connectivity index (χ1n) is 7.32. The monoisotopic (exact) mass is 328 g/mol. The van der Waals surface area contributed by atoms with Crippen LogP contribution in [0.25, 0.3) is 22.6 Å². The number of nitrogens with zero attached hydrogens (tertiary/aromatic N) is 2. The van der Waals surface area contributed by atoms with Gasteiger partial charge in [-0.25, -0.2) is 14.6 Å². The highest BCUT2D eigenvalue weighted by atomic mass is 16.6. The molecule has 24 heavy (non-hydrogen) atoms. The van der Waals surface area contributed by atoms with Crippen molar-refractivity contribution in [3.63, 3.8) is 0 Å². The van der Waals surface area contributed by atoms with Gasteiger partial charge in [0.2, 0.25) is 6.10 Å². The molecule has 4 heterocycles. The smallest absolute Gasteiger partial charge is 0.347 e. The Kier molecular flexibility index (Phi) is 3.30. The molecule has 0 N–H and O–H groups in total. The van der Waals surface area contributed by atoms with Gasteiger partial charge in [0, 0.05) is 6.42 Å². The molecule has 1 aliphatic heterocycles. The zero-order chi connectivity index (χ0) is 16.7. The number of hydrogen-bond donors (Lipinski definition) is 0. The molecule has 0 amide bonds. The SMILES string of the molecule is Cc1noc2nc(-c3ccco3)cc(C(=O)O[C@@H]3CCOC3=O)c12. The van der Waals surface area contributed by atoms with E-state index in [1.54, 1.807) is 19.1 Å². The van der Waals surface area contributed by atoms with E-state index >= 15 is 0 Å². The summed E-state index contributed by atoms with van der Waals surface area (Å²) in [4.78, 5) is 28.4. The van der Waals surface area contributed by atoms with Crippen LogP contribution in [0.5, 0.6) is 0 Å². The van der Waals surface area contributed by atoms with E-state index in [1.807, 2.05) is 0 Å². The normalized spacial score (nSPS) is 17.2. The lowest BCUT2D eigenvalue weighted by atomic mass is 10.1. The fourth-order valence-electron chi connectivity index (χ4n) is 2.58. The summed E-state index contributed by atoms with van der Waals surface area (Å²) >= 11 is 0. The van der Waals surface area contributed by atoms with Gasteiger partial charge in [0.1, 0.15) is 5.69 Å². The fourth-order valence-corrected chi connectivity index (χ4v) is 2.58. The molecule has 8 nitrogen and oxygen atoms in total. The van der Waals surface area contributed by atoms with E-state index in [0.717, 1.165) is 0 Å². The molecule has 4 rings (SSSR count). The van der Waals surface area contributed by atoms with Gasteiger partial charge in [-0.1, -0.05) is 5.16 Å². The number of esters is 2. The van der Waals surface area contributed by atoms with Crippen LogP contribution in [0.15, 0.2) is 33.4 Å². The quantitative estimate of drug-likeness (QED) is 0.674. The number of pyridine rings is 1. The van der Waals surface area contributed by atoms with Crippen LogP contribution in [0.3, 0.4) is 0 Å². The Hall–Kier alpha value is -3.16. The summed E-state index contributed by atoms with van der Waals surface area (Å²) in [5, 5.41) is 4.29. The number of ether oxygens (including phenoxy) is 2. The van der Waals surface area contributed by atoms with Crippen LogP contribution in [0.1, 0.15) is 22.5 Å². The van der Waals surface area contributed by atoms with Gasteiger partial charge in [-0.15, -0.1) is 0 Å². The van der Waals surface area contributed by atoms with Gasteiger partial charge in [-0.2, -0.15) is 0 Å². The second-order valence-electron chi connectivity index (χ2n) is 5.33. The van der Waals surface area contributed by atoms with Crippen LogP contribution < -0.4 is 0 Å². The average Bonchev–Trinajstić information content (AvgIpc) is 3.30. The van der Waals surface area contributed by atoms with E-state index in [-0.39, 0.29) is 17.9 Å². The van der Waals surface area contributed by atoms with E-state index < -0.39 is 18.0 Å². The molecule has 0 aliphatic carbocycles. The topological polar surface area (TPSA) is 105 Å². The molecule has 0 radical (unpaired) electrons. The van der Waals surface area contributed by atoms with Gasteiger partial charge in [-0.05, 0) is 25.1 Å². The number of cyclic esters (lactones) is 1. The number of aromatic nitrogens is 2. The Morgan fingerprint density at radius 1 is 1.42 bits per heavy atom. The van der Waals surface area contributed by atoms with E-state index in [1.165, 1.54) is 12.3 Å². The van der Waals surface area contributed by atoms with Crippen LogP contribution in [-0.4, -0.2) is 34.8 Å². The minimum Gasteiger partial charge on any atom is -0.463 e. The average molecular weight is 328 g/mol.